The number of carbonyl (C=O) groups is 1. The van der Waals surface area contributed by atoms with Crippen LogP contribution in [0.3, 0.4) is 0 Å². The van der Waals surface area contributed by atoms with Crippen molar-refractivity contribution in [3.63, 3.8) is 0 Å². The quantitative estimate of drug-likeness (QED) is 0.588. The molecule has 4 fully saturated rings. The maximum atomic E-state index is 13.6. The maximum absolute atomic E-state index is 13.6. The summed E-state index contributed by atoms with van der Waals surface area (Å²) in [6.45, 7) is 0.941. The Morgan fingerprint density at radius 2 is 1.66 bits per heavy atom. The summed E-state index contributed by atoms with van der Waals surface area (Å²) < 4.78 is 35.8. The fourth-order valence-electron chi connectivity index (χ4n) is 5.76. The number of carbonyl (C=O) groups excluding carboxylic acids is 1. The molecule has 0 aromatic carbocycles. The van der Waals surface area contributed by atoms with Gasteiger partial charge in [0.15, 0.2) is 5.69 Å². The van der Waals surface area contributed by atoms with E-state index in [1.165, 1.54) is 0 Å². The lowest BCUT2D eigenvalue weighted by atomic mass is 9.99. The van der Waals surface area contributed by atoms with E-state index in [1.54, 1.807) is 33.1 Å². The van der Waals surface area contributed by atoms with Gasteiger partial charge in [0.2, 0.25) is 5.95 Å². The highest BCUT2D eigenvalue weighted by molar-refractivity contribution is 7.86. The Morgan fingerprint density at radius 1 is 0.971 bits per heavy atom. The van der Waals surface area contributed by atoms with E-state index >= 15 is 0 Å². The van der Waals surface area contributed by atoms with Gasteiger partial charge in [-0.1, -0.05) is 5.16 Å². The summed E-state index contributed by atoms with van der Waals surface area (Å²) >= 11 is 0. The van der Waals surface area contributed by atoms with Crippen LogP contribution in [-0.4, -0.2) is 75.3 Å². The molecular weight excluding hydrogens is 470 g/mol. The van der Waals surface area contributed by atoms with Gasteiger partial charge in [-0.3, -0.25) is 4.79 Å². The van der Waals surface area contributed by atoms with Crippen molar-refractivity contribution < 1.29 is 17.7 Å². The predicted molar refractivity (Wildman–Crippen MR) is 127 cm³/mol. The minimum absolute atomic E-state index is 0.0617. The topological polar surface area (TPSA) is 134 Å². The molecule has 5 heterocycles. The maximum Gasteiger partial charge on any atom is 0.282 e. The summed E-state index contributed by atoms with van der Waals surface area (Å²) in [5, 5.41) is 10.3. The molecule has 3 saturated heterocycles. The lowest BCUT2D eigenvalue weighted by Crippen LogP contribution is -2.57. The molecule has 0 radical (unpaired) electrons. The molecule has 1 aliphatic carbocycles. The first kappa shape index (κ1) is 22.9. The van der Waals surface area contributed by atoms with Gasteiger partial charge < -0.3 is 15.2 Å². The number of hydrogen-bond donors (Lipinski definition) is 2. The van der Waals surface area contributed by atoms with E-state index < -0.39 is 10.2 Å². The van der Waals surface area contributed by atoms with E-state index in [2.05, 4.69) is 25.8 Å². The lowest BCUT2D eigenvalue weighted by molar-refractivity contribution is 0.0897. The van der Waals surface area contributed by atoms with E-state index in [1.807, 2.05) is 0 Å². The Labute approximate surface area is 204 Å². The smallest absolute Gasteiger partial charge is 0.282 e. The van der Waals surface area contributed by atoms with Gasteiger partial charge in [-0.2, -0.15) is 17.0 Å². The molecule has 6 rings (SSSR count). The van der Waals surface area contributed by atoms with Gasteiger partial charge in [-0.25, -0.2) is 9.97 Å². The number of nitrogens with one attached hydrogen (secondary N) is 2. The van der Waals surface area contributed by atoms with Crippen molar-refractivity contribution in [1.29, 1.82) is 0 Å². The summed E-state index contributed by atoms with van der Waals surface area (Å²) in [4.78, 5) is 21.1. The zero-order valence-corrected chi connectivity index (χ0v) is 20.4. The Hall–Kier alpha value is -2.57. The second kappa shape index (κ2) is 9.14. The summed E-state index contributed by atoms with van der Waals surface area (Å²) in [6, 6.07) is 3.42. The standard InChI is InChI=1S/C23H31N7O4S/c31-22(20-14-21(34-28-20)15-2-3-15)26-17-12-18-4-5-19(13-17)30(18)35(32,33)29-10-6-16(7-11-29)27-23-24-8-1-9-25-23/h1,8-9,14-19H,2-7,10-13H2,(H,26,31)(H,24,25,27)/t17-,18+,19-. The minimum atomic E-state index is -3.55. The molecule has 3 atom stereocenters. The van der Waals surface area contributed by atoms with Crippen molar-refractivity contribution in [3.8, 4) is 0 Å². The van der Waals surface area contributed by atoms with Crippen molar-refractivity contribution >= 4 is 22.1 Å². The average molecular weight is 502 g/mol. The molecule has 35 heavy (non-hydrogen) atoms. The van der Waals surface area contributed by atoms with E-state index in [4.69, 9.17) is 4.52 Å². The summed E-state index contributed by atoms with van der Waals surface area (Å²) in [5.41, 5.74) is 0.312. The average Bonchev–Trinajstić information content (AvgIpc) is 3.51. The molecule has 188 valence electrons. The Balaban J connectivity index is 1.05. The molecule has 0 unspecified atom stereocenters. The van der Waals surface area contributed by atoms with Gasteiger partial charge >= 0.3 is 0 Å². The second-order valence-corrected chi connectivity index (χ2v) is 12.0. The van der Waals surface area contributed by atoms with Crippen LogP contribution < -0.4 is 10.6 Å². The van der Waals surface area contributed by atoms with Crippen molar-refractivity contribution in [2.45, 2.75) is 81.5 Å². The highest BCUT2D eigenvalue weighted by Crippen LogP contribution is 2.41. The SMILES string of the molecule is O=C(N[C@H]1C[C@H]2CC[C@@H](C1)N2S(=O)(=O)N1CCC(Nc2ncccn2)CC1)c1cc(C2CC2)on1. The van der Waals surface area contributed by atoms with Crippen LogP contribution in [0.4, 0.5) is 5.95 Å². The van der Waals surface area contributed by atoms with Gasteiger partial charge in [-0.15, -0.1) is 0 Å². The first-order chi connectivity index (χ1) is 17.0. The van der Waals surface area contributed by atoms with Crippen molar-refractivity contribution in [2.24, 2.45) is 0 Å². The summed E-state index contributed by atoms with van der Waals surface area (Å²) in [7, 11) is -3.55. The number of nitrogens with zero attached hydrogens (tertiary/aromatic N) is 5. The van der Waals surface area contributed by atoms with Gasteiger partial charge in [0.25, 0.3) is 16.1 Å². The van der Waals surface area contributed by atoms with E-state index in [0.717, 1.165) is 31.4 Å². The largest absolute Gasteiger partial charge is 0.360 e. The van der Waals surface area contributed by atoms with Crippen LogP contribution in [0.15, 0.2) is 29.0 Å². The molecule has 11 nitrogen and oxygen atoms in total. The molecule has 4 aliphatic rings. The van der Waals surface area contributed by atoms with Crippen LogP contribution >= 0.6 is 0 Å². The Morgan fingerprint density at radius 3 is 2.31 bits per heavy atom. The zero-order valence-electron chi connectivity index (χ0n) is 19.5. The second-order valence-electron chi connectivity index (χ2n) is 10.1. The van der Waals surface area contributed by atoms with Crippen LogP contribution in [0.5, 0.6) is 0 Å². The third-order valence-electron chi connectivity index (χ3n) is 7.69. The van der Waals surface area contributed by atoms with Crippen LogP contribution in [0, 0.1) is 0 Å². The fourth-order valence-corrected chi connectivity index (χ4v) is 7.84. The van der Waals surface area contributed by atoms with E-state index in [-0.39, 0.29) is 30.1 Å². The predicted octanol–water partition coefficient (Wildman–Crippen LogP) is 1.89. The first-order valence-electron chi connectivity index (χ1n) is 12.6. The van der Waals surface area contributed by atoms with Gasteiger partial charge in [0.1, 0.15) is 5.76 Å². The fraction of sp³-hybridized carbons (Fsp3) is 0.652. The van der Waals surface area contributed by atoms with E-state index in [9.17, 15) is 13.2 Å². The summed E-state index contributed by atoms with van der Waals surface area (Å²) in [5.74, 6) is 1.52. The molecule has 2 aromatic rings. The molecule has 2 aromatic heterocycles. The van der Waals surface area contributed by atoms with Crippen LogP contribution in [0.2, 0.25) is 0 Å². The third-order valence-corrected chi connectivity index (χ3v) is 9.83. The summed E-state index contributed by atoms with van der Waals surface area (Å²) in [6.07, 6.45) is 9.87. The van der Waals surface area contributed by atoms with Crippen molar-refractivity contribution in [1.82, 2.24) is 29.1 Å². The van der Waals surface area contributed by atoms with Crippen LogP contribution in [-0.2, 0) is 10.2 Å². The van der Waals surface area contributed by atoms with Gasteiger partial charge in [-0.05, 0) is 57.4 Å². The van der Waals surface area contributed by atoms with Gasteiger partial charge in [0, 0.05) is 61.6 Å². The highest BCUT2D eigenvalue weighted by atomic mass is 32.2. The normalized spacial score (nSPS) is 28.2. The highest BCUT2D eigenvalue weighted by Gasteiger charge is 2.49. The van der Waals surface area contributed by atoms with Crippen LogP contribution in [0.1, 0.15) is 73.5 Å². The molecule has 2 N–H and O–H groups in total. The number of aromatic nitrogens is 3. The van der Waals surface area contributed by atoms with Gasteiger partial charge in [0.05, 0.1) is 0 Å². The number of hydrogen-bond acceptors (Lipinski definition) is 8. The number of rotatable bonds is 7. The zero-order chi connectivity index (χ0) is 24.0. The number of fused-ring (bicyclic) bond motifs is 2. The van der Waals surface area contributed by atoms with Crippen molar-refractivity contribution in [2.75, 3.05) is 18.4 Å². The Kier molecular flexibility index (Phi) is 5.97. The first-order valence-corrected chi connectivity index (χ1v) is 14.0. The minimum Gasteiger partial charge on any atom is -0.360 e. The molecule has 3 aliphatic heterocycles. The monoisotopic (exact) mass is 501 g/mol. The molecule has 0 spiro atoms. The Bertz CT molecular complexity index is 1150. The third kappa shape index (κ3) is 4.66. The molecule has 1 saturated carbocycles. The number of amides is 1. The number of anilines is 1. The van der Waals surface area contributed by atoms with Crippen molar-refractivity contribution in [3.05, 3.63) is 36.0 Å². The lowest BCUT2D eigenvalue weighted by Gasteiger charge is -2.42. The molecule has 12 heteroatoms. The molecule has 1 amide bonds. The van der Waals surface area contributed by atoms with Crippen LogP contribution in [0.25, 0.3) is 0 Å². The number of piperidine rings is 2. The van der Waals surface area contributed by atoms with E-state index in [0.29, 0.717) is 56.3 Å². The molecule has 2 bridgehead atoms. The molecular formula is C23H31N7O4S.